The maximum absolute atomic E-state index is 13.0. The number of carbonyl (C=O) groups excluding carboxylic acids is 2. The Balaban J connectivity index is 1.97. The first-order valence-electron chi connectivity index (χ1n) is 9.23. The van der Waals surface area contributed by atoms with E-state index in [1.165, 1.54) is 11.3 Å². The van der Waals surface area contributed by atoms with E-state index in [0.29, 0.717) is 23.5 Å². The Morgan fingerprint density at radius 1 is 1.14 bits per heavy atom. The summed E-state index contributed by atoms with van der Waals surface area (Å²) in [4.78, 5) is 30.3. The quantitative estimate of drug-likeness (QED) is 0.610. The van der Waals surface area contributed by atoms with E-state index in [4.69, 9.17) is 4.74 Å². The molecule has 0 aliphatic carbocycles. The monoisotopic (exact) mass is 409 g/mol. The first-order chi connectivity index (χ1) is 14.1. The lowest BCUT2D eigenvalue weighted by molar-refractivity contribution is -0.123. The predicted octanol–water partition coefficient (Wildman–Crippen LogP) is 2.95. The molecule has 1 atom stereocenters. The average Bonchev–Trinajstić information content (AvgIpc) is 3.17. The summed E-state index contributed by atoms with van der Waals surface area (Å²) in [6, 6.07) is 16.1. The van der Waals surface area contributed by atoms with Gasteiger partial charge in [-0.2, -0.15) is 4.99 Å². The highest BCUT2D eigenvalue weighted by Crippen LogP contribution is 2.18. The Morgan fingerprint density at radius 2 is 1.86 bits per heavy atom. The van der Waals surface area contributed by atoms with Crippen LogP contribution >= 0.6 is 11.3 Å². The third kappa shape index (κ3) is 5.28. The van der Waals surface area contributed by atoms with Crippen LogP contribution in [0.3, 0.4) is 0 Å². The number of ether oxygens (including phenoxy) is 1. The molecule has 29 heavy (non-hydrogen) atoms. The zero-order valence-corrected chi connectivity index (χ0v) is 17.2. The summed E-state index contributed by atoms with van der Waals surface area (Å²) >= 11 is 1.32. The van der Waals surface area contributed by atoms with Crippen molar-refractivity contribution in [2.75, 3.05) is 20.3 Å². The van der Waals surface area contributed by atoms with E-state index in [2.05, 4.69) is 10.3 Å². The molecule has 150 valence electrons. The van der Waals surface area contributed by atoms with E-state index >= 15 is 0 Å². The maximum atomic E-state index is 13.0. The van der Waals surface area contributed by atoms with Crippen molar-refractivity contribution in [1.29, 1.82) is 0 Å². The minimum atomic E-state index is -0.635. The van der Waals surface area contributed by atoms with E-state index in [-0.39, 0.29) is 11.8 Å². The fourth-order valence-electron chi connectivity index (χ4n) is 2.86. The van der Waals surface area contributed by atoms with Crippen LogP contribution in [0, 0.1) is 6.92 Å². The molecule has 0 aliphatic rings. The van der Waals surface area contributed by atoms with Gasteiger partial charge in [-0.05, 0) is 24.6 Å². The second kappa shape index (κ2) is 9.95. The van der Waals surface area contributed by atoms with Gasteiger partial charge >= 0.3 is 0 Å². The number of amides is 2. The van der Waals surface area contributed by atoms with Crippen molar-refractivity contribution >= 4 is 23.2 Å². The Kier molecular flexibility index (Phi) is 7.10. The van der Waals surface area contributed by atoms with E-state index < -0.39 is 6.04 Å². The molecule has 0 bridgehead atoms. The van der Waals surface area contributed by atoms with E-state index in [9.17, 15) is 9.59 Å². The Labute approximate surface area is 173 Å². The maximum Gasteiger partial charge on any atom is 0.279 e. The zero-order valence-electron chi connectivity index (χ0n) is 16.4. The van der Waals surface area contributed by atoms with Gasteiger partial charge in [0, 0.05) is 30.8 Å². The van der Waals surface area contributed by atoms with Crippen LogP contribution in [-0.4, -0.2) is 36.6 Å². The number of benzene rings is 2. The zero-order chi connectivity index (χ0) is 20.6. The molecule has 1 N–H and O–H groups in total. The molecule has 0 saturated carbocycles. The van der Waals surface area contributed by atoms with Crippen molar-refractivity contribution < 1.29 is 14.3 Å². The number of aryl methyl sites for hydroxylation is 1. The molecule has 0 radical (unpaired) electrons. The van der Waals surface area contributed by atoms with Gasteiger partial charge in [-0.3, -0.25) is 9.59 Å². The average molecular weight is 410 g/mol. The van der Waals surface area contributed by atoms with Crippen LogP contribution in [0.1, 0.15) is 27.5 Å². The molecule has 0 fully saturated rings. The topological polar surface area (TPSA) is 72.7 Å². The third-order valence-corrected chi connectivity index (χ3v) is 5.13. The molecule has 3 rings (SSSR count). The van der Waals surface area contributed by atoms with E-state index in [1.807, 2.05) is 54.8 Å². The van der Waals surface area contributed by atoms with Gasteiger partial charge in [-0.1, -0.05) is 48.0 Å². The lowest BCUT2D eigenvalue weighted by Crippen LogP contribution is -2.38. The number of thiazole rings is 1. The molecule has 0 saturated heterocycles. The van der Waals surface area contributed by atoms with Crippen molar-refractivity contribution in [3.8, 4) is 0 Å². The number of hydrogen-bond donors (Lipinski definition) is 1. The van der Waals surface area contributed by atoms with Gasteiger partial charge in [0.25, 0.3) is 5.91 Å². The highest BCUT2D eigenvalue weighted by atomic mass is 32.1. The summed E-state index contributed by atoms with van der Waals surface area (Å²) in [5, 5.41) is 4.70. The summed E-state index contributed by atoms with van der Waals surface area (Å²) in [6.07, 6.45) is 1.78. The highest BCUT2D eigenvalue weighted by molar-refractivity contribution is 7.07. The normalized spacial score (nSPS) is 12.6. The SMILES string of the molecule is COCCNC(=O)[C@H](c1ccccc1)n1ccsc1=NC(=O)c1ccc(C)cc1. The smallest absolute Gasteiger partial charge is 0.279 e. The second-order valence-corrected chi connectivity index (χ2v) is 7.35. The Hall–Kier alpha value is -3.03. The van der Waals surface area contributed by atoms with E-state index in [0.717, 1.165) is 11.1 Å². The molecule has 2 aromatic carbocycles. The molecule has 0 spiro atoms. The summed E-state index contributed by atoms with van der Waals surface area (Å²) in [5.74, 6) is -0.524. The number of nitrogens with zero attached hydrogens (tertiary/aromatic N) is 2. The number of nitrogens with one attached hydrogen (secondary N) is 1. The molecule has 7 heteroatoms. The molecule has 0 unspecified atom stereocenters. The lowest BCUT2D eigenvalue weighted by Gasteiger charge is -2.19. The molecule has 1 aromatic heterocycles. The number of carbonyl (C=O) groups is 2. The minimum Gasteiger partial charge on any atom is -0.383 e. The lowest BCUT2D eigenvalue weighted by atomic mass is 10.1. The second-order valence-electron chi connectivity index (χ2n) is 6.47. The van der Waals surface area contributed by atoms with Crippen molar-refractivity contribution in [1.82, 2.24) is 9.88 Å². The predicted molar refractivity (Wildman–Crippen MR) is 113 cm³/mol. The van der Waals surface area contributed by atoms with Crippen molar-refractivity contribution in [3.63, 3.8) is 0 Å². The fraction of sp³-hybridized carbons (Fsp3) is 0.227. The van der Waals surface area contributed by atoms with Gasteiger partial charge in [0.15, 0.2) is 4.80 Å². The fourth-order valence-corrected chi connectivity index (χ4v) is 3.59. The number of rotatable bonds is 7. The van der Waals surface area contributed by atoms with Crippen LogP contribution in [0.5, 0.6) is 0 Å². The van der Waals surface area contributed by atoms with Gasteiger partial charge in [-0.25, -0.2) is 0 Å². The number of methoxy groups -OCH3 is 1. The summed E-state index contributed by atoms with van der Waals surface area (Å²) in [5.41, 5.74) is 2.39. The first kappa shape index (κ1) is 20.7. The van der Waals surface area contributed by atoms with Crippen LogP contribution in [0.25, 0.3) is 0 Å². The standard InChI is InChI=1S/C22H23N3O3S/c1-16-8-10-18(11-9-16)20(26)24-22-25(13-15-29-22)19(17-6-4-3-5-7-17)21(27)23-12-14-28-2/h3-11,13,15,19H,12,14H2,1-2H3,(H,23,27)/t19-/m0/s1. The van der Waals surface area contributed by atoms with E-state index in [1.54, 1.807) is 30.0 Å². The van der Waals surface area contributed by atoms with Crippen LogP contribution < -0.4 is 10.1 Å². The number of hydrogen-bond acceptors (Lipinski definition) is 4. The summed E-state index contributed by atoms with van der Waals surface area (Å²) < 4.78 is 6.75. The van der Waals surface area contributed by atoms with Crippen LogP contribution in [0.2, 0.25) is 0 Å². The van der Waals surface area contributed by atoms with Crippen LogP contribution in [0.4, 0.5) is 0 Å². The van der Waals surface area contributed by atoms with Crippen molar-refractivity contribution in [3.05, 3.63) is 87.7 Å². The molecule has 2 amide bonds. The van der Waals surface area contributed by atoms with Gasteiger partial charge in [0.2, 0.25) is 5.91 Å². The van der Waals surface area contributed by atoms with Crippen LogP contribution in [-0.2, 0) is 9.53 Å². The van der Waals surface area contributed by atoms with Crippen LogP contribution in [0.15, 0.2) is 71.2 Å². The van der Waals surface area contributed by atoms with Crippen molar-refractivity contribution in [2.24, 2.45) is 4.99 Å². The summed E-state index contributed by atoms with van der Waals surface area (Å²) in [6.45, 7) is 2.79. The number of aromatic nitrogens is 1. The Bertz CT molecular complexity index is 1020. The van der Waals surface area contributed by atoms with Gasteiger partial charge in [0.05, 0.1) is 6.61 Å². The highest BCUT2D eigenvalue weighted by Gasteiger charge is 2.23. The minimum absolute atomic E-state index is 0.184. The van der Waals surface area contributed by atoms with Crippen molar-refractivity contribution in [2.45, 2.75) is 13.0 Å². The molecule has 0 aliphatic heterocycles. The molecule has 3 aromatic rings. The largest absolute Gasteiger partial charge is 0.383 e. The first-order valence-corrected chi connectivity index (χ1v) is 10.1. The molecular weight excluding hydrogens is 386 g/mol. The molecular formula is C22H23N3O3S. The summed E-state index contributed by atoms with van der Waals surface area (Å²) in [7, 11) is 1.59. The van der Waals surface area contributed by atoms with Gasteiger partial charge < -0.3 is 14.6 Å². The Morgan fingerprint density at radius 3 is 2.55 bits per heavy atom. The molecule has 1 heterocycles. The van der Waals surface area contributed by atoms with Gasteiger partial charge in [-0.15, -0.1) is 11.3 Å². The van der Waals surface area contributed by atoms with Gasteiger partial charge in [0.1, 0.15) is 6.04 Å². The molecule has 6 nitrogen and oxygen atoms in total. The third-order valence-electron chi connectivity index (χ3n) is 4.36.